The number of hydrogen-bond donors (Lipinski definition) is 2. The molecule has 0 spiro atoms. The van der Waals surface area contributed by atoms with Crippen molar-refractivity contribution in [1.82, 2.24) is 10.3 Å². The van der Waals surface area contributed by atoms with E-state index in [4.69, 9.17) is 0 Å². The summed E-state index contributed by atoms with van der Waals surface area (Å²) in [4.78, 5) is 26.5. The second-order valence-electron chi connectivity index (χ2n) is 5.01. The Bertz CT molecular complexity index is 674. The molecule has 20 heavy (non-hydrogen) atoms. The van der Waals surface area contributed by atoms with Crippen LogP contribution in [-0.2, 0) is 11.2 Å². The third-order valence-corrected chi connectivity index (χ3v) is 3.36. The maximum absolute atomic E-state index is 12.0. The van der Waals surface area contributed by atoms with Crippen molar-refractivity contribution in [2.24, 2.45) is 0 Å². The number of aryl methyl sites for hydroxylation is 2. The second-order valence-corrected chi connectivity index (χ2v) is 5.01. The number of aromatic nitrogens is 1. The van der Waals surface area contributed by atoms with Crippen LogP contribution in [0.5, 0.6) is 0 Å². The average molecular weight is 272 g/mol. The summed E-state index contributed by atoms with van der Waals surface area (Å²) in [5.41, 5.74) is 2.48. The first-order valence-electron chi connectivity index (χ1n) is 7.00. The van der Waals surface area contributed by atoms with Gasteiger partial charge in [-0.1, -0.05) is 25.1 Å². The summed E-state index contributed by atoms with van der Waals surface area (Å²) in [7, 11) is 0. The van der Waals surface area contributed by atoms with Crippen molar-refractivity contribution in [3.8, 4) is 0 Å². The summed E-state index contributed by atoms with van der Waals surface area (Å²) in [5, 5.41) is 3.83. The van der Waals surface area contributed by atoms with Crippen LogP contribution in [0, 0.1) is 6.92 Å². The summed E-state index contributed by atoms with van der Waals surface area (Å²) in [6, 6.07) is 7.79. The zero-order valence-corrected chi connectivity index (χ0v) is 12.0. The van der Waals surface area contributed by atoms with Crippen LogP contribution in [0.15, 0.2) is 29.1 Å². The predicted octanol–water partition coefficient (Wildman–Crippen LogP) is 2.30. The molecular formula is C16H20N2O2. The molecule has 1 aromatic carbocycles. The lowest BCUT2D eigenvalue weighted by atomic mass is 10.1. The Kier molecular flexibility index (Phi) is 4.56. The molecule has 0 radical (unpaired) electrons. The lowest BCUT2D eigenvalue weighted by Gasteiger charge is -2.06. The molecule has 0 fully saturated rings. The van der Waals surface area contributed by atoms with Gasteiger partial charge in [0, 0.05) is 18.5 Å². The van der Waals surface area contributed by atoms with Crippen LogP contribution < -0.4 is 10.9 Å². The van der Waals surface area contributed by atoms with E-state index in [9.17, 15) is 9.59 Å². The highest BCUT2D eigenvalue weighted by molar-refractivity contribution is 5.82. The van der Waals surface area contributed by atoms with E-state index >= 15 is 0 Å². The fraction of sp³-hybridized carbons (Fsp3) is 0.375. The van der Waals surface area contributed by atoms with Crippen LogP contribution in [0.25, 0.3) is 10.9 Å². The Morgan fingerprint density at radius 2 is 2.15 bits per heavy atom. The molecule has 1 aromatic heterocycles. The molecule has 0 bridgehead atoms. The zero-order valence-electron chi connectivity index (χ0n) is 12.0. The van der Waals surface area contributed by atoms with Crippen molar-refractivity contribution in [3.63, 3.8) is 0 Å². The molecule has 0 aliphatic rings. The molecule has 0 atom stereocenters. The summed E-state index contributed by atoms with van der Waals surface area (Å²) in [6.07, 6.45) is 1.73. The van der Waals surface area contributed by atoms with E-state index in [1.165, 1.54) is 0 Å². The third kappa shape index (κ3) is 3.26. The van der Waals surface area contributed by atoms with Gasteiger partial charge >= 0.3 is 0 Å². The van der Waals surface area contributed by atoms with Crippen LogP contribution in [0.2, 0.25) is 0 Å². The largest absolute Gasteiger partial charge is 0.356 e. The molecule has 4 nitrogen and oxygen atoms in total. The number of hydrogen-bond acceptors (Lipinski definition) is 2. The highest BCUT2D eigenvalue weighted by Crippen LogP contribution is 2.15. The molecule has 2 N–H and O–H groups in total. The number of nitrogens with one attached hydrogen (secondary N) is 2. The van der Waals surface area contributed by atoms with Gasteiger partial charge in [-0.05, 0) is 36.8 Å². The number of amides is 1. The lowest BCUT2D eigenvalue weighted by molar-refractivity contribution is -0.121. The Hall–Kier alpha value is -2.10. The van der Waals surface area contributed by atoms with Gasteiger partial charge in [0.15, 0.2) is 0 Å². The molecule has 1 heterocycles. The molecule has 4 heteroatoms. The third-order valence-electron chi connectivity index (χ3n) is 3.36. The maximum Gasteiger partial charge on any atom is 0.251 e. The molecule has 0 aliphatic heterocycles. The average Bonchev–Trinajstić information content (AvgIpc) is 2.44. The molecule has 0 saturated carbocycles. The quantitative estimate of drug-likeness (QED) is 0.877. The van der Waals surface area contributed by atoms with Crippen molar-refractivity contribution in [2.75, 3.05) is 6.54 Å². The molecule has 0 saturated heterocycles. The van der Waals surface area contributed by atoms with Crippen molar-refractivity contribution in [2.45, 2.75) is 33.1 Å². The van der Waals surface area contributed by atoms with Gasteiger partial charge in [0.2, 0.25) is 5.91 Å². The molecule has 2 rings (SSSR count). The van der Waals surface area contributed by atoms with Crippen LogP contribution in [-0.4, -0.2) is 17.4 Å². The van der Waals surface area contributed by atoms with E-state index in [2.05, 4.69) is 10.3 Å². The number of H-pyrrole nitrogens is 1. The summed E-state index contributed by atoms with van der Waals surface area (Å²) >= 11 is 0. The lowest BCUT2D eigenvalue weighted by Crippen LogP contribution is -2.25. The van der Waals surface area contributed by atoms with Crippen LogP contribution in [0.3, 0.4) is 0 Å². The summed E-state index contributed by atoms with van der Waals surface area (Å²) in [5.74, 6) is -0.00408. The standard InChI is InChI=1S/C16H20N2O2/c1-3-9-17-14(19)8-7-13-10-12-6-4-5-11(2)15(12)18-16(13)20/h4-6,10H,3,7-9H2,1-2H3,(H,17,19)(H,18,20). The number of fused-ring (bicyclic) bond motifs is 1. The minimum atomic E-state index is -0.102. The number of aromatic amines is 1. The SMILES string of the molecule is CCCNC(=O)CCc1cc2cccc(C)c2[nH]c1=O. The number of pyridine rings is 1. The zero-order chi connectivity index (χ0) is 14.5. The minimum absolute atomic E-state index is 0.00408. The fourth-order valence-corrected chi connectivity index (χ4v) is 2.22. The molecular weight excluding hydrogens is 252 g/mol. The summed E-state index contributed by atoms with van der Waals surface area (Å²) < 4.78 is 0. The van der Waals surface area contributed by atoms with E-state index in [-0.39, 0.29) is 11.5 Å². The smallest absolute Gasteiger partial charge is 0.251 e. The van der Waals surface area contributed by atoms with Crippen LogP contribution in [0.1, 0.15) is 30.9 Å². The van der Waals surface area contributed by atoms with Gasteiger partial charge in [0.1, 0.15) is 0 Å². The highest BCUT2D eigenvalue weighted by Gasteiger charge is 2.07. The van der Waals surface area contributed by atoms with Crippen molar-refractivity contribution < 1.29 is 4.79 Å². The summed E-state index contributed by atoms with van der Waals surface area (Å²) in [6.45, 7) is 4.67. The number of carbonyl (C=O) groups excluding carboxylic acids is 1. The van der Waals surface area contributed by atoms with Crippen molar-refractivity contribution >= 4 is 16.8 Å². The van der Waals surface area contributed by atoms with Crippen molar-refractivity contribution in [1.29, 1.82) is 0 Å². The predicted molar refractivity (Wildman–Crippen MR) is 80.9 cm³/mol. The van der Waals surface area contributed by atoms with Gasteiger partial charge in [-0.25, -0.2) is 0 Å². The monoisotopic (exact) mass is 272 g/mol. The van der Waals surface area contributed by atoms with E-state index in [1.54, 1.807) is 0 Å². The van der Waals surface area contributed by atoms with Gasteiger partial charge in [-0.15, -0.1) is 0 Å². The second kappa shape index (κ2) is 6.37. The van der Waals surface area contributed by atoms with Crippen LogP contribution in [0.4, 0.5) is 0 Å². The van der Waals surface area contributed by atoms with E-state index in [0.29, 0.717) is 24.9 Å². The van der Waals surface area contributed by atoms with Gasteiger partial charge in [-0.2, -0.15) is 0 Å². The van der Waals surface area contributed by atoms with E-state index < -0.39 is 0 Å². The Labute approximate surface area is 118 Å². The number of carbonyl (C=O) groups is 1. The minimum Gasteiger partial charge on any atom is -0.356 e. The topological polar surface area (TPSA) is 62.0 Å². The number of rotatable bonds is 5. The van der Waals surface area contributed by atoms with E-state index in [1.807, 2.05) is 38.1 Å². The fourth-order valence-electron chi connectivity index (χ4n) is 2.22. The van der Waals surface area contributed by atoms with Gasteiger partial charge in [0.25, 0.3) is 5.56 Å². The van der Waals surface area contributed by atoms with Crippen molar-refractivity contribution in [3.05, 3.63) is 45.7 Å². The Morgan fingerprint density at radius 3 is 2.90 bits per heavy atom. The Balaban J connectivity index is 2.17. The first-order valence-corrected chi connectivity index (χ1v) is 7.00. The number of para-hydroxylation sites is 1. The molecule has 106 valence electrons. The first kappa shape index (κ1) is 14.3. The van der Waals surface area contributed by atoms with Crippen LogP contribution >= 0.6 is 0 Å². The molecule has 2 aromatic rings. The number of benzene rings is 1. The van der Waals surface area contributed by atoms with Gasteiger partial charge in [0.05, 0.1) is 5.52 Å². The van der Waals surface area contributed by atoms with E-state index in [0.717, 1.165) is 22.9 Å². The highest BCUT2D eigenvalue weighted by atomic mass is 16.1. The Morgan fingerprint density at radius 1 is 1.35 bits per heavy atom. The van der Waals surface area contributed by atoms with Gasteiger partial charge in [-0.3, -0.25) is 9.59 Å². The first-order chi connectivity index (χ1) is 9.61. The molecule has 0 unspecified atom stereocenters. The van der Waals surface area contributed by atoms with Gasteiger partial charge < -0.3 is 10.3 Å². The maximum atomic E-state index is 12.0. The molecule has 0 aliphatic carbocycles. The molecule has 1 amide bonds. The normalized spacial score (nSPS) is 10.7.